The minimum absolute atomic E-state index is 0.00517. The van der Waals surface area contributed by atoms with E-state index in [-0.39, 0.29) is 5.91 Å². The van der Waals surface area contributed by atoms with Gasteiger partial charge in [-0.3, -0.25) is 4.79 Å². The van der Waals surface area contributed by atoms with Gasteiger partial charge >= 0.3 is 0 Å². The van der Waals surface area contributed by atoms with Gasteiger partial charge in [0.15, 0.2) is 5.65 Å². The lowest BCUT2D eigenvalue weighted by atomic mass is 10.1. The number of nitrogens with zero attached hydrogens (tertiary/aromatic N) is 4. The van der Waals surface area contributed by atoms with Crippen molar-refractivity contribution in [3.8, 4) is 11.8 Å². The van der Waals surface area contributed by atoms with E-state index in [0.29, 0.717) is 30.6 Å². The average Bonchev–Trinajstić information content (AvgIpc) is 3.11. The minimum Gasteiger partial charge on any atom is -0.497 e. The predicted molar refractivity (Wildman–Crippen MR) is 105 cm³/mol. The molecule has 0 unspecified atom stereocenters. The second kappa shape index (κ2) is 8.53. The van der Waals surface area contributed by atoms with Crippen molar-refractivity contribution in [1.82, 2.24) is 19.9 Å². The van der Waals surface area contributed by atoms with Crippen LogP contribution in [0.1, 0.15) is 34.5 Å². The third kappa shape index (κ3) is 4.12. The van der Waals surface area contributed by atoms with E-state index in [2.05, 4.69) is 21.5 Å². The van der Waals surface area contributed by atoms with Gasteiger partial charge in [-0.25, -0.2) is 9.50 Å². The number of benzene rings is 1. The summed E-state index contributed by atoms with van der Waals surface area (Å²) in [5, 5.41) is 16.3. The molecule has 0 aliphatic heterocycles. The molecular formula is C21H23N5O2. The molecule has 0 aliphatic carbocycles. The third-order valence-corrected chi connectivity index (χ3v) is 4.83. The second-order valence-corrected chi connectivity index (χ2v) is 6.61. The van der Waals surface area contributed by atoms with Gasteiger partial charge in [-0.2, -0.15) is 10.4 Å². The fourth-order valence-electron chi connectivity index (χ4n) is 3.22. The number of aromatic nitrogens is 3. The van der Waals surface area contributed by atoms with Crippen molar-refractivity contribution < 1.29 is 9.53 Å². The van der Waals surface area contributed by atoms with Crippen LogP contribution in [0, 0.1) is 25.2 Å². The Labute approximate surface area is 164 Å². The topological polar surface area (TPSA) is 92.3 Å². The van der Waals surface area contributed by atoms with Crippen molar-refractivity contribution >= 4 is 11.6 Å². The van der Waals surface area contributed by atoms with E-state index in [1.165, 1.54) is 6.20 Å². The lowest BCUT2D eigenvalue weighted by Crippen LogP contribution is -2.26. The molecule has 1 aromatic carbocycles. The number of hydrogen-bond acceptors (Lipinski definition) is 5. The van der Waals surface area contributed by atoms with E-state index in [0.717, 1.165) is 34.7 Å². The molecular weight excluding hydrogens is 354 g/mol. The van der Waals surface area contributed by atoms with Crippen LogP contribution in [-0.4, -0.2) is 34.2 Å². The minimum atomic E-state index is 0.00517. The van der Waals surface area contributed by atoms with E-state index in [4.69, 9.17) is 10.00 Å². The fourth-order valence-corrected chi connectivity index (χ4v) is 3.22. The summed E-state index contributed by atoms with van der Waals surface area (Å²) in [6.45, 7) is 4.43. The summed E-state index contributed by atoms with van der Waals surface area (Å²) in [6, 6.07) is 9.93. The Morgan fingerprint density at radius 2 is 2.00 bits per heavy atom. The van der Waals surface area contributed by atoms with Crippen LogP contribution < -0.4 is 10.1 Å². The fraction of sp³-hybridized carbons (Fsp3) is 0.333. The van der Waals surface area contributed by atoms with Gasteiger partial charge in [-0.15, -0.1) is 0 Å². The lowest BCUT2D eigenvalue weighted by Gasteiger charge is -2.11. The highest BCUT2D eigenvalue weighted by molar-refractivity contribution is 5.76. The molecule has 0 aliphatic rings. The van der Waals surface area contributed by atoms with Crippen molar-refractivity contribution in [2.45, 2.75) is 33.1 Å². The number of nitrogens with one attached hydrogen (secondary N) is 1. The number of nitriles is 1. The molecule has 7 heteroatoms. The zero-order chi connectivity index (χ0) is 20.1. The normalized spacial score (nSPS) is 10.6. The number of amides is 1. The van der Waals surface area contributed by atoms with Gasteiger partial charge < -0.3 is 10.1 Å². The number of hydrogen-bond donors (Lipinski definition) is 1. The van der Waals surface area contributed by atoms with Gasteiger partial charge in [0, 0.05) is 24.4 Å². The van der Waals surface area contributed by atoms with Crippen LogP contribution in [0.25, 0.3) is 5.65 Å². The van der Waals surface area contributed by atoms with Gasteiger partial charge in [-0.05, 0) is 49.9 Å². The number of carbonyl (C=O) groups excluding carboxylic acids is 1. The molecule has 0 radical (unpaired) electrons. The molecule has 28 heavy (non-hydrogen) atoms. The van der Waals surface area contributed by atoms with Crippen LogP contribution in [0.15, 0.2) is 30.5 Å². The van der Waals surface area contributed by atoms with E-state index in [1.54, 1.807) is 11.6 Å². The van der Waals surface area contributed by atoms with E-state index < -0.39 is 0 Å². The second-order valence-electron chi connectivity index (χ2n) is 6.61. The first-order valence-electron chi connectivity index (χ1n) is 9.17. The molecule has 0 spiro atoms. The highest BCUT2D eigenvalue weighted by Gasteiger charge is 2.14. The summed E-state index contributed by atoms with van der Waals surface area (Å²) in [5.74, 6) is 0.828. The monoisotopic (exact) mass is 377 g/mol. The Hall–Kier alpha value is -3.40. The predicted octanol–water partition coefficient (Wildman–Crippen LogP) is 2.52. The highest BCUT2D eigenvalue weighted by atomic mass is 16.5. The Kier molecular flexibility index (Phi) is 5.90. The maximum Gasteiger partial charge on any atom is 0.220 e. The molecule has 0 atom stereocenters. The van der Waals surface area contributed by atoms with Gasteiger partial charge in [-0.1, -0.05) is 12.1 Å². The molecule has 2 heterocycles. The largest absolute Gasteiger partial charge is 0.497 e. The first-order valence-corrected chi connectivity index (χ1v) is 9.17. The molecule has 7 nitrogen and oxygen atoms in total. The van der Waals surface area contributed by atoms with Crippen LogP contribution in [0.2, 0.25) is 0 Å². The zero-order valence-corrected chi connectivity index (χ0v) is 16.3. The van der Waals surface area contributed by atoms with Crippen LogP contribution >= 0.6 is 0 Å². The van der Waals surface area contributed by atoms with Crippen LogP contribution in [0.5, 0.6) is 5.75 Å². The molecule has 144 valence electrons. The summed E-state index contributed by atoms with van der Waals surface area (Å²) in [4.78, 5) is 16.7. The highest BCUT2D eigenvalue weighted by Crippen LogP contribution is 2.18. The zero-order valence-electron chi connectivity index (χ0n) is 16.3. The van der Waals surface area contributed by atoms with Crippen LogP contribution in [0.3, 0.4) is 0 Å². The number of methoxy groups -OCH3 is 1. The maximum atomic E-state index is 12.2. The maximum absolute atomic E-state index is 12.2. The summed E-state index contributed by atoms with van der Waals surface area (Å²) in [7, 11) is 1.64. The molecule has 2 aromatic heterocycles. The smallest absolute Gasteiger partial charge is 0.220 e. The van der Waals surface area contributed by atoms with Crippen molar-refractivity contribution in [1.29, 1.82) is 5.26 Å². The molecule has 0 fully saturated rings. The van der Waals surface area contributed by atoms with Crippen LogP contribution in [-0.2, 0) is 17.6 Å². The van der Waals surface area contributed by atoms with Gasteiger partial charge in [0.25, 0.3) is 0 Å². The van der Waals surface area contributed by atoms with E-state index in [1.807, 2.05) is 38.1 Å². The molecule has 0 saturated carbocycles. The van der Waals surface area contributed by atoms with Gasteiger partial charge in [0.1, 0.15) is 17.4 Å². The third-order valence-electron chi connectivity index (χ3n) is 4.83. The van der Waals surface area contributed by atoms with Crippen LogP contribution in [0.4, 0.5) is 0 Å². The summed E-state index contributed by atoms with van der Waals surface area (Å²) in [5.41, 5.74) is 4.89. The SMILES string of the molecule is COc1ccc(CCNC(=O)CCc2c(C)nc3c(C#N)cnn3c2C)cc1. The van der Waals surface area contributed by atoms with Crippen molar-refractivity contribution in [2.24, 2.45) is 0 Å². The Bertz CT molecular complexity index is 1030. The van der Waals surface area contributed by atoms with Crippen molar-refractivity contribution in [2.75, 3.05) is 13.7 Å². The number of ether oxygens (including phenoxy) is 1. The first-order chi connectivity index (χ1) is 13.5. The molecule has 3 rings (SSSR count). The van der Waals surface area contributed by atoms with Crippen molar-refractivity contribution in [3.05, 3.63) is 58.5 Å². The van der Waals surface area contributed by atoms with Crippen molar-refractivity contribution in [3.63, 3.8) is 0 Å². The van der Waals surface area contributed by atoms with E-state index >= 15 is 0 Å². The average molecular weight is 377 g/mol. The molecule has 1 N–H and O–H groups in total. The van der Waals surface area contributed by atoms with Gasteiger partial charge in [0.05, 0.1) is 13.3 Å². The standard InChI is InChI=1S/C21H23N5O2/c1-14-19(15(2)26-21(25-14)17(12-22)13-24-26)8-9-20(27)23-11-10-16-4-6-18(28-3)7-5-16/h4-7,13H,8-11H2,1-3H3,(H,23,27). The number of fused-ring (bicyclic) bond motifs is 1. The summed E-state index contributed by atoms with van der Waals surface area (Å²) < 4.78 is 6.81. The quantitative estimate of drug-likeness (QED) is 0.683. The Balaban J connectivity index is 1.56. The lowest BCUT2D eigenvalue weighted by molar-refractivity contribution is -0.121. The summed E-state index contributed by atoms with van der Waals surface area (Å²) in [6.07, 6.45) is 3.25. The molecule has 0 saturated heterocycles. The first kappa shape index (κ1) is 19.4. The molecule has 3 aromatic rings. The Morgan fingerprint density at radius 1 is 1.25 bits per heavy atom. The molecule has 1 amide bonds. The number of aryl methyl sites for hydroxylation is 2. The summed E-state index contributed by atoms with van der Waals surface area (Å²) >= 11 is 0. The number of rotatable bonds is 7. The molecule has 0 bridgehead atoms. The Morgan fingerprint density at radius 3 is 2.68 bits per heavy atom. The van der Waals surface area contributed by atoms with Gasteiger partial charge in [0.2, 0.25) is 5.91 Å². The van der Waals surface area contributed by atoms with E-state index in [9.17, 15) is 4.79 Å². The number of carbonyl (C=O) groups is 1.